The first-order valence-corrected chi connectivity index (χ1v) is 10.9. The molecule has 0 N–H and O–H groups in total. The fourth-order valence-electron chi connectivity index (χ4n) is 4.06. The summed E-state index contributed by atoms with van der Waals surface area (Å²) in [6.07, 6.45) is 0.386. The van der Waals surface area contributed by atoms with Gasteiger partial charge in [-0.3, -0.25) is 9.69 Å². The van der Waals surface area contributed by atoms with Crippen molar-refractivity contribution in [2.45, 2.75) is 12.5 Å². The van der Waals surface area contributed by atoms with E-state index in [1.807, 2.05) is 24.3 Å². The van der Waals surface area contributed by atoms with Crippen LogP contribution in [0, 0.1) is 0 Å². The summed E-state index contributed by atoms with van der Waals surface area (Å²) in [6.45, 7) is 3.67. The van der Waals surface area contributed by atoms with Crippen molar-refractivity contribution in [2.24, 2.45) is 0 Å². The Balaban J connectivity index is 1.52. The van der Waals surface area contributed by atoms with Gasteiger partial charge in [-0.2, -0.15) is 0 Å². The van der Waals surface area contributed by atoms with Crippen molar-refractivity contribution < 1.29 is 4.79 Å². The Morgan fingerprint density at radius 2 is 1.47 bits per heavy atom. The number of nitrogens with zero attached hydrogens (tertiary/aromatic N) is 2. The van der Waals surface area contributed by atoms with Gasteiger partial charge in [0.25, 0.3) is 0 Å². The highest BCUT2D eigenvalue weighted by Gasteiger charge is 2.28. The molecule has 0 radical (unpaired) electrons. The predicted octanol–water partition coefficient (Wildman–Crippen LogP) is 6.13. The van der Waals surface area contributed by atoms with Gasteiger partial charge in [0.15, 0.2) is 5.78 Å². The van der Waals surface area contributed by atoms with Crippen LogP contribution < -0.4 is 4.90 Å². The summed E-state index contributed by atoms with van der Waals surface area (Å²) >= 11 is 12.3. The Hall–Kier alpha value is -2.33. The molecule has 3 aromatic rings. The van der Waals surface area contributed by atoms with Crippen LogP contribution in [0.15, 0.2) is 78.9 Å². The van der Waals surface area contributed by atoms with Crippen LogP contribution in [-0.2, 0) is 0 Å². The van der Waals surface area contributed by atoms with E-state index in [2.05, 4.69) is 46.2 Å². The second kappa shape index (κ2) is 9.65. The zero-order chi connectivity index (χ0) is 20.9. The molecular weight excluding hydrogens is 415 g/mol. The lowest BCUT2D eigenvalue weighted by Gasteiger charge is -2.40. The summed E-state index contributed by atoms with van der Waals surface area (Å²) in [7, 11) is 0. The quantitative estimate of drug-likeness (QED) is 0.432. The molecule has 4 rings (SSSR count). The smallest absolute Gasteiger partial charge is 0.166 e. The summed E-state index contributed by atoms with van der Waals surface area (Å²) < 4.78 is 0. The first-order valence-electron chi connectivity index (χ1n) is 10.2. The van der Waals surface area contributed by atoms with E-state index < -0.39 is 0 Å². The first kappa shape index (κ1) is 20.9. The second-order valence-electron chi connectivity index (χ2n) is 7.54. The van der Waals surface area contributed by atoms with Crippen molar-refractivity contribution in [3.05, 3.63) is 100 Å². The number of carbonyl (C=O) groups is 1. The van der Waals surface area contributed by atoms with Gasteiger partial charge < -0.3 is 4.90 Å². The van der Waals surface area contributed by atoms with Crippen molar-refractivity contribution in [1.82, 2.24) is 4.90 Å². The molecule has 0 spiro atoms. The highest BCUT2D eigenvalue weighted by Crippen LogP contribution is 2.30. The first-order chi connectivity index (χ1) is 14.6. The lowest BCUT2D eigenvalue weighted by atomic mass is 9.96. The van der Waals surface area contributed by atoms with Gasteiger partial charge in [-0.15, -0.1) is 0 Å². The summed E-state index contributed by atoms with van der Waals surface area (Å²) in [5.41, 5.74) is 2.94. The molecule has 30 heavy (non-hydrogen) atoms. The Bertz CT molecular complexity index is 987. The highest BCUT2D eigenvalue weighted by molar-refractivity contribution is 6.36. The second-order valence-corrected chi connectivity index (χ2v) is 8.38. The summed E-state index contributed by atoms with van der Waals surface area (Å²) in [5.74, 6) is 0.0380. The van der Waals surface area contributed by atoms with Gasteiger partial charge in [0, 0.05) is 54.9 Å². The van der Waals surface area contributed by atoms with Crippen molar-refractivity contribution in [3.63, 3.8) is 0 Å². The van der Waals surface area contributed by atoms with E-state index in [1.165, 1.54) is 5.69 Å². The molecule has 1 aliphatic rings. The number of carbonyl (C=O) groups excluding carboxylic acids is 1. The van der Waals surface area contributed by atoms with Crippen LogP contribution in [0.1, 0.15) is 28.4 Å². The molecule has 3 nitrogen and oxygen atoms in total. The van der Waals surface area contributed by atoms with Crippen LogP contribution >= 0.6 is 23.2 Å². The predicted molar refractivity (Wildman–Crippen MR) is 125 cm³/mol. The third-order valence-corrected chi connectivity index (χ3v) is 6.22. The van der Waals surface area contributed by atoms with E-state index in [9.17, 15) is 4.79 Å². The standard InChI is InChI=1S/C25H24Cl2N2O/c26-20-11-12-22(23(27)17-20)25(30)18-24(19-7-3-1-4-8-19)29-15-13-28(14-16-29)21-9-5-2-6-10-21/h1-12,17,24H,13-16,18H2. The van der Waals surface area contributed by atoms with Crippen LogP contribution in [0.5, 0.6) is 0 Å². The maximum Gasteiger partial charge on any atom is 0.166 e. The molecule has 1 fully saturated rings. The monoisotopic (exact) mass is 438 g/mol. The van der Waals surface area contributed by atoms with Crippen LogP contribution in [0.4, 0.5) is 5.69 Å². The third-order valence-electron chi connectivity index (χ3n) is 5.67. The third kappa shape index (κ3) is 4.86. The van der Waals surface area contributed by atoms with E-state index in [0.717, 1.165) is 31.7 Å². The van der Waals surface area contributed by atoms with E-state index in [1.54, 1.807) is 18.2 Å². The summed E-state index contributed by atoms with van der Waals surface area (Å²) in [4.78, 5) is 17.9. The number of benzene rings is 3. The molecule has 5 heteroatoms. The largest absolute Gasteiger partial charge is 0.369 e. The van der Waals surface area contributed by atoms with E-state index in [-0.39, 0.29) is 11.8 Å². The van der Waals surface area contributed by atoms with Gasteiger partial charge in [-0.25, -0.2) is 0 Å². The number of para-hydroxylation sites is 1. The average Bonchev–Trinajstić information content (AvgIpc) is 2.79. The lowest BCUT2D eigenvalue weighted by molar-refractivity contribution is 0.0910. The van der Waals surface area contributed by atoms with Gasteiger partial charge in [0.1, 0.15) is 0 Å². The highest BCUT2D eigenvalue weighted by atomic mass is 35.5. The van der Waals surface area contributed by atoms with Crippen molar-refractivity contribution in [1.29, 1.82) is 0 Å². The van der Waals surface area contributed by atoms with Gasteiger partial charge in [-0.05, 0) is 35.9 Å². The molecule has 0 bridgehead atoms. The Kier molecular flexibility index (Phi) is 6.73. The molecule has 1 heterocycles. The minimum atomic E-state index is 0.0170. The van der Waals surface area contributed by atoms with Crippen LogP contribution in [0.3, 0.4) is 0 Å². The number of anilines is 1. The minimum absolute atomic E-state index is 0.0170. The number of Topliss-reactive ketones (excluding diaryl/α,β-unsaturated/α-hetero) is 1. The maximum absolute atomic E-state index is 13.1. The molecule has 0 amide bonds. The number of hydrogen-bond acceptors (Lipinski definition) is 3. The Labute approximate surface area is 187 Å². The molecular formula is C25H24Cl2N2O. The van der Waals surface area contributed by atoms with E-state index >= 15 is 0 Å². The van der Waals surface area contributed by atoms with Crippen molar-refractivity contribution in [3.8, 4) is 0 Å². The van der Waals surface area contributed by atoms with Crippen LogP contribution in [0.2, 0.25) is 10.0 Å². The van der Waals surface area contributed by atoms with Crippen LogP contribution in [-0.4, -0.2) is 36.9 Å². The minimum Gasteiger partial charge on any atom is -0.369 e. The molecule has 3 aromatic carbocycles. The van der Waals surface area contributed by atoms with E-state index in [0.29, 0.717) is 22.0 Å². The van der Waals surface area contributed by atoms with Gasteiger partial charge in [0.05, 0.1) is 5.02 Å². The maximum atomic E-state index is 13.1. The van der Waals surface area contributed by atoms with Crippen molar-refractivity contribution in [2.75, 3.05) is 31.1 Å². The average molecular weight is 439 g/mol. The number of hydrogen-bond donors (Lipinski definition) is 0. The zero-order valence-electron chi connectivity index (χ0n) is 16.7. The lowest BCUT2D eigenvalue weighted by Crippen LogP contribution is -2.48. The Morgan fingerprint density at radius 1 is 0.833 bits per heavy atom. The molecule has 0 aromatic heterocycles. The topological polar surface area (TPSA) is 23.6 Å². The molecule has 0 saturated carbocycles. The fourth-order valence-corrected chi connectivity index (χ4v) is 4.58. The molecule has 1 atom stereocenters. The SMILES string of the molecule is O=C(CC(c1ccccc1)N1CCN(c2ccccc2)CC1)c1ccc(Cl)cc1Cl. The van der Waals surface area contributed by atoms with Crippen molar-refractivity contribution >= 4 is 34.7 Å². The summed E-state index contributed by atoms with van der Waals surface area (Å²) in [5, 5.41) is 0.946. The number of rotatable bonds is 6. The van der Waals surface area contributed by atoms with Gasteiger partial charge in [0.2, 0.25) is 0 Å². The molecule has 154 valence electrons. The molecule has 1 aliphatic heterocycles. The number of ketones is 1. The molecule has 1 saturated heterocycles. The van der Waals surface area contributed by atoms with Gasteiger partial charge >= 0.3 is 0 Å². The summed E-state index contributed by atoms with van der Waals surface area (Å²) in [6, 6.07) is 25.8. The Morgan fingerprint density at radius 3 is 2.10 bits per heavy atom. The van der Waals surface area contributed by atoms with Gasteiger partial charge in [-0.1, -0.05) is 71.7 Å². The molecule has 1 unspecified atom stereocenters. The van der Waals surface area contributed by atoms with E-state index in [4.69, 9.17) is 23.2 Å². The number of halogens is 2. The molecule has 0 aliphatic carbocycles. The zero-order valence-corrected chi connectivity index (χ0v) is 18.2. The fraction of sp³-hybridized carbons (Fsp3) is 0.240. The van der Waals surface area contributed by atoms with Crippen LogP contribution in [0.25, 0.3) is 0 Å². The normalized spacial score (nSPS) is 15.7. The number of piperazine rings is 1.